The molecule has 7 nitrogen and oxygen atoms in total. The highest BCUT2D eigenvalue weighted by Crippen LogP contribution is 2.26. The first-order valence-corrected chi connectivity index (χ1v) is 10.8. The third-order valence-electron chi connectivity index (χ3n) is 5.38. The highest BCUT2D eigenvalue weighted by atomic mass is 35.5. The Labute approximate surface area is 204 Å². The average molecular weight is 493 g/mol. The van der Waals surface area contributed by atoms with Gasteiger partial charge in [-0.15, -0.1) is 0 Å². The predicted octanol–water partition coefficient (Wildman–Crippen LogP) is 4.52. The molecule has 3 aromatic rings. The zero-order valence-electron chi connectivity index (χ0n) is 18.4. The van der Waals surface area contributed by atoms with Gasteiger partial charge in [0.05, 0.1) is 18.4 Å². The summed E-state index contributed by atoms with van der Waals surface area (Å²) in [4.78, 5) is 50.3. The zero-order valence-corrected chi connectivity index (χ0v) is 19.1. The summed E-state index contributed by atoms with van der Waals surface area (Å²) in [5, 5.41) is 2.47. The third-order valence-corrected chi connectivity index (χ3v) is 5.73. The molecule has 1 aliphatic rings. The summed E-state index contributed by atoms with van der Waals surface area (Å²) >= 11 is 6.38. The number of amides is 4. The van der Waals surface area contributed by atoms with Gasteiger partial charge < -0.3 is 4.74 Å². The molecule has 0 aliphatic carbocycles. The van der Waals surface area contributed by atoms with Crippen molar-refractivity contribution in [3.63, 3.8) is 0 Å². The third kappa shape index (κ3) is 4.97. The van der Waals surface area contributed by atoms with Crippen LogP contribution in [-0.2, 0) is 20.7 Å². The Hall–Kier alpha value is -4.30. The van der Waals surface area contributed by atoms with Crippen molar-refractivity contribution in [3.8, 4) is 0 Å². The van der Waals surface area contributed by atoms with Crippen molar-refractivity contribution in [1.82, 2.24) is 5.32 Å². The lowest BCUT2D eigenvalue weighted by Gasteiger charge is -2.26. The maximum Gasteiger partial charge on any atom is 0.337 e. The molecular formula is C26H18ClFN2O5. The van der Waals surface area contributed by atoms with Crippen molar-refractivity contribution >= 4 is 47.2 Å². The normalized spacial score (nSPS) is 14.8. The maximum absolute atomic E-state index is 14.0. The summed E-state index contributed by atoms with van der Waals surface area (Å²) < 4.78 is 18.6. The minimum Gasteiger partial charge on any atom is -0.465 e. The van der Waals surface area contributed by atoms with Gasteiger partial charge in [0.15, 0.2) is 0 Å². The Morgan fingerprint density at radius 3 is 2.40 bits per heavy atom. The average Bonchev–Trinajstić information content (AvgIpc) is 2.84. The first-order valence-electron chi connectivity index (χ1n) is 10.4. The Morgan fingerprint density at radius 2 is 1.74 bits per heavy atom. The van der Waals surface area contributed by atoms with E-state index < -0.39 is 23.8 Å². The Morgan fingerprint density at radius 1 is 1.03 bits per heavy atom. The SMILES string of the molecule is COC(=O)c1ccc(N2C(=O)NC(=O)/C(=C\c3ccc(Cc4ccccc4F)c(Cl)c3)C2=O)cc1. The number of halogens is 2. The van der Waals surface area contributed by atoms with E-state index in [4.69, 9.17) is 11.6 Å². The number of carbonyl (C=O) groups is 4. The smallest absolute Gasteiger partial charge is 0.337 e. The number of benzene rings is 3. The van der Waals surface area contributed by atoms with Crippen molar-refractivity contribution in [1.29, 1.82) is 0 Å². The molecule has 3 aromatic carbocycles. The summed E-state index contributed by atoms with van der Waals surface area (Å²) in [6.07, 6.45) is 1.59. The quantitative estimate of drug-likeness (QED) is 0.321. The fraction of sp³-hybridized carbons (Fsp3) is 0.0769. The van der Waals surface area contributed by atoms with Crippen LogP contribution in [0.1, 0.15) is 27.0 Å². The van der Waals surface area contributed by atoms with Crippen LogP contribution in [0.2, 0.25) is 5.02 Å². The van der Waals surface area contributed by atoms with Crippen LogP contribution >= 0.6 is 11.6 Å². The molecule has 1 heterocycles. The molecule has 0 atom stereocenters. The molecule has 1 saturated heterocycles. The molecule has 0 saturated carbocycles. The van der Waals surface area contributed by atoms with E-state index in [1.165, 1.54) is 43.5 Å². The summed E-state index contributed by atoms with van der Waals surface area (Å²) in [7, 11) is 1.24. The van der Waals surface area contributed by atoms with Crippen LogP contribution < -0.4 is 10.2 Å². The minimum atomic E-state index is -0.916. The molecule has 1 N–H and O–H groups in total. The molecule has 9 heteroatoms. The van der Waals surface area contributed by atoms with Gasteiger partial charge in [0.1, 0.15) is 11.4 Å². The molecule has 4 amide bonds. The minimum absolute atomic E-state index is 0.164. The summed E-state index contributed by atoms with van der Waals surface area (Å²) in [5.74, 6) is -2.61. The van der Waals surface area contributed by atoms with Crippen molar-refractivity contribution in [2.45, 2.75) is 6.42 Å². The summed E-state index contributed by atoms with van der Waals surface area (Å²) in [6.45, 7) is 0. The maximum atomic E-state index is 14.0. The van der Waals surface area contributed by atoms with E-state index >= 15 is 0 Å². The number of nitrogens with zero attached hydrogens (tertiary/aromatic N) is 1. The molecule has 1 aliphatic heterocycles. The van der Waals surface area contributed by atoms with E-state index in [0.29, 0.717) is 21.7 Å². The number of urea groups is 1. The number of methoxy groups -OCH3 is 1. The van der Waals surface area contributed by atoms with Crippen molar-refractivity contribution in [2.24, 2.45) is 0 Å². The molecule has 1 fully saturated rings. The summed E-state index contributed by atoms with van der Waals surface area (Å²) in [5.41, 5.74) is 1.71. The Kier molecular flexibility index (Phi) is 6.75. The van der Waals surface area contributed by atoms with Crippen LogP contribution in [0, 0.1) is 5.82 Å². The van der Waals surface area contributed by atoms with Gasteiger partial charge in [-0.25, -0.2) is 18.9 Å². The van der Waals surface area contributed by atoms with Crippen LogP contribution in [0.5, 0.6) is 0 Å². The van der Waals surface area contributed by atoms with Crippen LogP contribution in [0.15, 0.2) is 72.3 Å². The molecule has 0 spiro atoms. The number of anilines is 1. The van der Waals surface area contributed by atoms with Gasteiger partial charge in [0.2, 0.25) is 0 Å². The highest BCUT2D eigenvalue weighted by molar-refractivity contribution is 6.39. The van der Waals surface area contributed by atoms with Gasteiger partial charge in [-0.05, 0) is 59.2 Å². The fourth-order valence-electron chi connectivity index (χ4n) is 3.57. The van der Waals surface area contributed by atoms with Gasteiger partial charge in [-0.1, -0.05) is 41.9 Å². The lowest BCUT2D eigenvalue weighted by atomic mass is 10.0. The predicted molar refractivity (Wildman–Crippen MR) is 127 cm³/mol. The second-order valence-corrected chi connectivity index (χ2v) is 8.02. The van der Waals surface area contributed by atoms with Gasteiger partial charge in [-0.3, -0.25) is 14.9 Å². The van der Waals surface area contributed by atoms with E-state index in [2.05, 4.69) is 10.1 Å². The van der Waals surface area contributed by atoms with Gasteiger partial charge in [-0.2, -0.15) is 0 Å². The van der Waals surface area contributed by atoms with E-state index in [1.54, 1.807) is 36.4 Å². The largest absolute Gasteiger partial charge is 0.465 e. The molecular weight excluding hydrogens is 475 g/mol. The molecule has 0 radical (unpaired) electrons. The van der Waals surface area contributed by atoms with Crippen LogP contribution in [-0.4, -0.2) is 30.9 Å². The number of imide groups is 2. The number of hydrogen-bond acceptors (Lipinski definition) is 5. The van der Waals surface area contributed by atoms with Crippen molar-refractivity contribution < 1.29 is 28.3 Å². The highest BCUT2D eigenvalue weighted by Gasteiger charge is 2.36. The number of nitrogens with one attached hydrogen (secondary N) is 1. The van der Waals surface area contributed by atoms with Crippen LogP contribution in [0.4, 0.5) is 14.9 Å². The number of esters is 1. The number of rotatable bonds is 5. The Balaban J connectivity index is 1.61. The molecule has 0 bridgehead atoms. The zero-order chi connectivity index (χ0) is 25.1. The second-order valence-electron chi connectivity index (χ2n) is 7.62. The van der Waals surface area contributed by atoms with Gasteiger partial charge in [0, 0.05) is 11.4 Å². The molecule has 0 aromatic heterocycles. The van der Waals surface area contributed by atoms with Crippen molar-refractivity contribution in [3.05, 3.63) is 105 Å². The second kappa shape index (κ2) is 9.90. The van der Waals surface area contributed by atoms with Gasteiger partial charge >= 0.3 is 12.0 Å². The fourth-order valence-corrected chi connectivity index (χ4v) is 3.82. The van der Waals surface area contributed by atoms with E-state index in [9.17, 15) is 23.6 Å². The van der Waals surface area contributed by atoms with Gasteiger partial charge in [0.25, 0.3) is 11.8 Å². The topological polar surface area (TPSA) is 92.8 Å². The first-order chi connectivity index (χ1) is 16.8. The molecule has 176 valence electrons. The number of hydrogen-bond donors (Lipinski definition) is 1. The number of barbiturate groups is 1. The lowest BCUT2D eigenvalue weighted by molar-refractivity contribution is -0.122. The monoisotopic (exact) mass is 492 g/mol. The lowest BCUT2D eigenvalue weighted by Crippen LogP contribution is -2.54. The molecule has 0 unspecified atom stereocenters. The van der Waals surface area contributed by atoms with E-state index in [1.807, 2.05) is 0 Å². The van der Waals surface area contributed by atoms with Crippen LogP contribution in [0.3, 0.4) is 0 Å². The van der Waals surface area contributed by atoms with E-state index in [-0.39, 0.29) is 29.1 Å². The van der Waals surface area contributed by atoms with E-state index in [0.717, 1.165) is 4.90 Å². The first kappa shape index (κ1) is 23.8. The Bertz CT molecular complexity index is 1380. The number of carbonyl (C=O) groups excluding carboxylic acids is 4. The number of ether oxygens (including phenoxy) is 1. The standard InChI is InChI=1S/C26H18ClFN2O5/c1-35-25(33)16-8-10-19(11-9-16)30-24(32)20(23(31)29-26(30)34)12-15-6-7-17(21(27)13-15)14-18-4-2-3-5-22(18)28/h2-13H,14H2,1H3,(H,29,31,34)/b20-12+. The molecule has 4 rings (SSSR count). The van der Waals surface area contributed by atoms with Crippen LogP contribution in [0.25, 0.3) is 6.08 Å². The molecule has 35 heavy (non-hydrogen) atoms. The summed E-state index contributed by atoms with van der Waals surface area (Å²) in [6, 6.07) is 15.9. The van der Waals surface area contributed by atoms with Crippen molar-refractivity contribution in [2.75, 3.05) is 12.0 Å².